The zero-order valence-electron chi connectivity index (χ0n) is 14.3. The summed E-state index contributed by atoms with van der Waals surface area (Å²) in [5.74, 6) is 0. The number of hydrogen-bond donors (Lipinski definition) is 0. The van der Waals surface area contributed by atoms with E-state index in [2.05, 4.69) is 26.2 Å². The molecule has 1 atom stereocenters. The van der Waals surface area contributed by atoms with Crippen LogP contribution in [0.25, 0.3) is 11.0 Å². The first-order valence-electron chi connectivity index (χ1n) is 8.32. The van der Waals surface area contributed by atoms with Crippen molar-refractivity contribution in [3.05, 3.63) is 22.7 Å². The highest BCUT2D eigenvalue weighted by atomic mass is 79.9. The number of hydrogen-bond acceptors (Lipinski definition) is 4. The number of ether oxygens (including phenoxy) is 1. The van der Waals surface area contributed by atoms with Gasteiger partial charge in [-0.25, -0.2) is 9.48 Å². The van der Waals surface area contributed by atoms with E-state index >= 15 is 0 Å². The van der Waals surface area contributed by atoms with E-state index in [1.807, 2.05) is 48.6 Å². The highest BCUT2D eigenvalue weighted by Gasteiger charge is 2.31. The lowest BCUT2D eigenvalue weighted by atomic mass is 10.0. The Balaban J connectivity index is 1.80. The minimum absolute atomic E-state index is 0.0810. The maximum atomic E-state index is 12.5. The van der Waals surface area contributed by atoms with Crippen LogP contribution in [0.4, 0.5) is 4.79 Å². The molecule has 1 unspecified atom stereocenters. The highest BCUT2D eigenvalue weighted by molar-refractivity contribution is 9.10. The van der Waals surface area contributed by atoms with Gasteiger partial charge in [-0.05, 0) is 58.2 Å². The summed E-state index contributed by atoms with van der Waals surface area (Å²) in [5, 5.41) is 8.48. The standard InChI is InChI=1S/C17H23BrN4O2/c1-17(2,3)24-16(23)21-9-5-4-6-13(21)11-22-15-10-12(18)7-8-14(15)19-20-22/h7-8,10,13H,4-6,9,11H2,1-3H3. The van der Waals surface area contributed by atoms with Crippen LogP contribution in [0.3, 0.4) is 0 Å². The first kappa shape index (κ1) is 17.2. The van der Waals surface area contributed by atoms with E-state index in [4.69, 9.17) is 4.74 Å². The Morgan fingerprint density at radius 1 is 1.38 bits per heavy atom. The van der Waals surface area contributed by atoms with Gasteiger partial charge in [0.05, 0.1) is 18.1 Å². The van der Waals surface area contributed by atoms with Gasteiger partial charge < -0.3 is 9.64 Å². The van der Waals surface area contributed by atoms with Crippen molar-refractivity contribution in [3.63, 3.8) is 0 Å². The molecular formula is C17H23BrN4O2. The van der Waals surface area contributed by atoms with Crippen molar-refractivity contribution in [1.29, 1.82) is 0 Å². The number of carbonyl (C=O) groups excluding carboxylic acids is 1. The zero-order valence-corrected chi connectivity index (χ0v) is 15.9. The van der Waals surface area contributed by atoms with Crippen molar-refractivity contribution < 1.29 is 9.53 Å². The van der Waals surface area contributed by atoms with E-state index in [0.29, 0.717) is 6.54 Å². The fourth-order valence-corrected chi connectivity index (χ4v) is 3.37. The number of carbonyl (C=O) groups is 1. The fourth-order valence-electron chi connectivity index (χ4n) is 3.02. The average Bonchev–Trinajstić information content (AvgIpc) is 2.88. The molecule has 1 saturated heterocycles. The molecule has 0 radical (unpaired) electrons. The van der Waals surface area contributed by atoms with Crippen molar-refractivity contribution >= 4 is 33.1 Å². The molecule has 2 heterocycles. The summed E-state index contributed by atoms with van der Waals surface area (Å²) >= 11 is 3.49. The van der Waals surface area contributed by atoms with Crippen LogP contribution in [0.1, 0.15) is 40.0 Å². The van der Waals surface area contributed by atoms with E-state index in [9.17, 15) is 4.79 Å². The lowest BCUT2D eigenvalue weighted by Crippen LogP contribution is -2.48. The predicted molar refractivity (Wildman–Crippen MR) is 95.8 cm³/mol. The van der Waals surface area contributed by atoms with E-state index in [-0.39, 0.29) is 12.1 Å². The molecule has 1 aliphatic rings. The van der Waals surface area contributed by atoms with Crippen LogP contribution in [-0.4, -0.2) is 44.2 Å². The van der Waals surface area contributed by atoms with Crippen molar-refractivity contribution in [3.8, 4) is 0 Å². The minimum Gasteiger partial charge on any atom is -0.444 e. The third-order valence-corrected chi connectivity index (χ3v) is 4.61. The Hall–Kier alpha value is -1.63. The molecule has 1 fully saturated rings. The van der Waals surface area contributed by atoms with Gasteiger partial charge in [0.1, 0.15) is 11.1 Å². The topological polar surface area (TPSA) is 60.2 Å². The summed E-state index contributed by atoms with van der Waals surface area (Å²) in [5.41, 5.74) is 1.35. The van der Waals surface area contributed by atoms with Gasteiger partial charge in [0.25, 0.3) is 0 Å². The van der Waals surface area contributed by atoms with E-state index in [1.165, 1.54) is 0 Å². The van der Waals surface area contributed by atoms with Crippen LogP contribution in [0.15, 0.2) is 22.7 Å². The molecular weight excluding hydrogens is 372 g/mol. The van der Waals surface area contributed by atoms with Crippen molar-refractivity contribution in [2.75, 3.05) is 6.54 Å². The largest absolute Gasteiger partial charge is 0.444 e. The fraction of sp³-hybridized carbons (Fsp3) is 0.588. The quantitative estimate of drug-likeness (QED) is 0.772. The molecule has 130 valence electrons. The van der Waals surface area contributed by atoms with Crippen molar-refractivity contribution in [2.45, 2.75) is 58.2 Å². The maximum absolute atomic E-state index is 12.5. The number of aromatic nitrogens is 3. The van der Waals surface area contributed by atoms with Gasteiger partial charge in [0.15, 0.2) is 0 Å². The van der Waals surface area contributed by atoms with Gasteiger partial charge >= 0.3 is 6.09 Å². The molecule has 1 aromatic heterocycles. The number of amides is 1. The molecule has 1 aromatic carbocycles. The van der Waals surface area contributed by atoms with Crippen molar-refractivity contribution in [1.82, 2.24) is 19.9 Å². The summed E-state index contributed by atoms with van der Waals surface area (Å²) in [7, 11) is 0. The molecule has 0 bridgehead atoms. The second kappa shape index (κ2) is 6.70. The number of rotatable bonds is 2. The third kappa shape index (κ3) is 3.88. The smallest absolute Gasteiger partial charge is 0.410 e. The Kier molecular flexibility index (Phi) is 4.80. The number of piperidine rings is 1. The van der Waals surface area contributed by atoms with Gasteiger partial charge in [-0.15, -0.1) is 5.10 Å². The summed E-state index contributed by atoms with van der Waals surface area (Å²) in [4.78, 5) is 14.4. The van der Waals surface area contributed by atoms with E-state index < -0.39 is 5.60 Å². The predicted octanol–water partition coefficient (Wildman–Crippen LogP) is 3.98. The first-order chi connectivity index (χ1) is 11.3. The van der Waals surface area contributed by atoms with Gasteiger partial charge in [-0.2, -0.15) is 0 Å². The second-order valence-corrected chi connectivity index (χ2v) is 8.14. The van der Waals surface area contributed by atoms with Crippen LogP contribution in [0, 0.1) is 0 Å². The normalized spacial score (nSPS) is 18.8. The summed E-state index contributed by atoms with van der Waals surface area (Å²) < 4.78 is 8.44. The van der Waals surface area contributed by atoms with Crippen LogP contribution in [-0.2, 0) is 11.3 Å². The number of fused-ring (bicyclic) bond motifs is 1. The maximum Gasteiger partial charge on any atom is 0.410 e. The molecule has 0 spiro atoms. The van der Waals surface area contributed by atoms with Crippen LogP contribution < -0.4 is 0 Å². The van der Waals surface area contributed by atoms with Gasteiger partial charge in [0, 0.05) is 11.0 Å². The Morgan fingerprint density at radius 2 is 2.17 bits per heavy atom. The average molecular weight is 395 g/mol. The van der Waals surface area contributed by atoms with Crippen LogP contribution in [0.2, 0.25) is 0 Å². The SMILES string of the molecule is CC(C)(C)OC(=O)N1CCCCC1Cn1nnc2ccc(Br)cc21. The molecule has 1 amide bonds. The van der Waals surface area contributed by atoms with Crippen LogP contribution >= 0.6 is 15.9 Å². The number of benzene rings is 1. The Labute approximate surface area is 150 Å². The van der Waals surface area contributed by atoms with E-state index in [1.54, 1.807) is 0 Å². The molecule has 6 nitrogen and oxygen atoms in total. The Bertz CT molecular complexity index is 738. The summed E-state index contributed by atoms with van der Waals surface area (Å²) in [6, 6.07) is 5.98. The van der Waals surface area contributed by atoms with E-state index in [0.717, 1.165) is 41.3 Å². The first-order valence-corrected chi connectivity index (χ1v) is 9.11. The molecule has 0 saturated carbocycles. The monoisotopic (exact) mass is 394 g/mol. The third-order valence-electron chi connectivity index (χ3n) is 4.11. The Morgan fingerprint density at radius 3 is 2.92 bits per heavy atom. The number of likely N-dealkylation sites (tertiary alicyclic amines) is 1. The summed E-state index contributed by atoms with van der Waals surface area (Å²) in [6.07, 6.45) is 2.84. The van der Waals surface area contributed by atoms with Gasteiger partial charge in [0.2, 0.25) is 0 Å². The minimum atomic E-state index is -0.482. The molecule has 0 N–H and O–H groups in total. The molecule has 0 aliphatic carbocycles. The highest BCUT2D eigenvalue weighted by Crippen LogP contribution is 2.24. The van der Waals surface area contributed by atoms with Crippen LogP contribution in [0.5, 0.6) is 0 Å². The molecule has 24 heavy (non-hydrogen) atoms. The summed E-state index contributed by atoms with van der Waals surface area (Å²) in [6.45, 7) is 7.05. The lowest BCUT2D eigenvalue weighted by molar-refractivity contribution is 0.00748. The number of nitrogens with zero attached hydrogens (tertiary/aromatic N) is 4. The molecule has 3 rings (SSSR count). The number of halogens is 1. The van der Waals surface area contributed by atoms with Gasteiger partial charge in [-0.1, -0.05) is 21.1 Å². The molecule has 7 heteroatoms. The second-order valence-electron chi connectivity index (χ2n) is 7.23. The molecule has 1 aliphatic heterocycles. The zero-order chi connectivity index (χ0) is 17.3. The van der Waals surface area contributed by atoms with Crippen molar-refractivity contribution in [2.24, 2.45) is 0 Å². The van der Waals surface area contributed by atoms with Gasteiger partial charge in [-0.3, -0.25) is 0 Å². The molecule has 2 aromatic rings. The lowest BCUT2D eigenvalue weighted by Gasteiger charge is -2.36.